The van der Waals surface area contributed by atoms with Gasteiger partial charge in [0.2, 0.25) is 0 Å². The van der Waals surface area contributed by atoms with Gasteiger partial charge < -0.3 is 4.42 Å². The number of hydrogen-bond donors (Lipinski definition) is 0. The Kier molecular flexibility index (Phi) is 6.78. The fourth-order valence-electron chi connectivity index (χ4n) is 7.29. The van der Waals surface area contributed by atoms with Crippen LogP contribution in [0.1, 0.15) is 0 Å². The Morgan fingerprint density at radius 2 is 0.843 bits per heavy atom. The van der Waals surface area contributed by atoms with Gasteiger partial charge in [-0.25, -0.2) is 15.0 Å². The second-order valence-electron chi connectivity index (χ2n) is 12.8. The van der Waals surface area contributed by atoms with Crippen LogP contribution in [0.2, 0.25) is 0 Å². The van der Waals surface area contributed by atoms with Gasteiger partial charge in [-0.2, -0.15) is 0 Å². The van der Waals surface area contributed by atoms with Gasteiger partial charge in [-0.05, 0) is 50.4 Å². The Bertz CT molecular complexity index is 2900. The van der Waals surface area contributed by atoms with Gasteiger partial charge in [-0.1, -0.05) is 164 Å². The Hall–Kier alpha value is -6.91. The van der Waals surface area contributed by atoms with Crippen LogP contribution >= 0.6 is 0 Å². The zero-order valence-electron chi connectivity index (χ0n) is 27.5. The molecule has 0 unspecified atom stereocenters. The molecule has 238 valence electrons. The first kappa shape index (κ1) is 29.0. The van der Waals surface area contributed by atoms with Crippen molar-refractivity contribution >= 4 is 43.5 Å². The molecule has 0 N–H and O–H groups in total. The number of furan rings is 1. The third kappa shape index (κ3) is 4.96. The first-order chi connectivity index (χ1) is 25.3. The van der Waals surface area contributed by atoms with Crippen molar-refractivity contribution in [3.8, 4) is 56.4 Å². The number of fused-ring (bicyclic) bond motifs is 5. The first-order valence-corrected chi connectivity index (χ1v) is 17.1. The summed E-state index contributed by atoms with van der Waals surface area (Å²) in [6.07, 6.45) is 0. The van der Waals surface area contributed by atoms with Gasteiger partial charge in [0.25, 0.3) is 0 Å². The molecule has 8 aromatic carbocycles. The van der Waals surface area contributed by atoms with E-state index in [2.05, 4.69) is 127 Å². The lowest BCUT2D eigenvalue weighted by atomic mass is 9.90. The third-order valence-corrected chi connectivity index (χ3v) is 9.72. The normalized spacial score (nSPS) is 11.5. The minimum atomic E-state index is 0.603. The lowest BCUT2D eigenvalue weighted by Crippen LogP contribution is -2.01. The van der Waals surface area contributed by atoms with Crippen molar-refractivity contribution in [2.45, 2.75) is 0 Å². The molecule has 0 spiro atoms. The number of benzene rings is 8. The third-order valence-electron chi connectivity index (χ3n) is 9.72. The SMILES string of the molecule is c1ccc(-c2ccc(-c3c4ccccc4c(-c4nc(-c5ccccc5)nc(-c5ccc6ccccc6c5)n4)c4c3oc3ccccc34)cc2)cc1. The van der Waals surface area contributed by atoms with Gasteiger partial charge in [-0.15, -0.1) is 0 Å². The molecule has 0 fully saturated rings. The topological polar surface area (TPSA) is 51.8 Å². The summed E-state index contributed by atoms with van der Waals surface area (Å²) >= 11 is 0. The van der Waals surface area contributed by atoms with Crippen LogP contribution in [-0.2, 0) is 0 Å². The van der Waals surface area contributed by atoms with E-state index < -0.39 is 0 Å². The molecular formula is C47H29N3O. The Balaban J connectivity index is 1.28. The molecule has 0 amide bonds. The first-order valence-electron chi connectivity index (χ1n) is 17.1. The van der Waals surface area contributed by atoms with Crippen molar-refractivity contribution in [2.24, 2.45) is 0 Å². The number of hydrogen-bond acceptors (Lipinski definition) is 4. The van der Waals surface area contributed by atoms with Crippen LogP contribution < -0.4 is 0 Å². The molecule has 0 aliphatic heterocycles. The van der Waals surface area contributed by atoms with Gasteiger partial charge in [0.1, 0.15) is 11.2 Å². The van der Waals surface area contributed by atoms with Crippen molar-refractivity contribution in [1.29, 1.82) is 0 Å². The molecule has 2 heterocycles. The highest BCUT2D eigenvalue weighted by Crippen LogP contribution is 2.47. The van der Waals surface area contributed by atoms with Gasteiger partial charge in [-0.3, -0.25) is 0 Å². The van der Waals surface area contributed by atoms with Crippen molar-refractivity contribution in [2.75, 3.05) is 0 Å². The van der Waals surface area contributed by atoms with Crippen LogP contribution in [0.25, 0.3) is 99.9 Å². The number of aromatic nitrogens is 3. The van der Waals surface area contributed by atoms with E-state index in [1.54, 1.807) is 0 Å². The molecule has 0 bridgehead atoms. The van der Waals surface area contributed by atoms with Crippen LogP contribution in [0, 0.1) is 0 Å². The van der Waals surface area contributed by atoms with E-state index in [0.29, 0.717) is 17.5 Å². The second-order valence-corrected chi connectivity index (χ2v) is 12.8. The van der Waals surface area contributed by atoms with Crippen LogP contribution in [0.5, 0.6) is 0 Å². The highest BCUT2D eigenvalue weighted by Gasteiger charge is 2.25. The Labute approximate surface area is 294 Å². The predicted molar refractivity (Wildman–Crippen MR) is 209 cm³/mol. The van der Waals surface area contributed by atoms with E-state index in [1.807, 2.05) is 48.5 Å². The largest absolute Gasteiger partial charge is 0.455 e. The van der Waals surface area contributed by atoms with Crippen molar-refractivity contribution in [1.82, 2.24) is 15.0 Å². The van der Waals surface area contributed by atoms with Gasteiger partial charge in [0.15, 0.2) is 17.5 Å². The fourth-order valence-corrected chi connectivity index (χ4v) is 7.29. The molecule has 0 saturated heterocycles. The van der Waals surface area contributed by atoms with E-state index in [1.165, 1.54) is 16.5 Å². The second kappa shape index (κ2) is 11.9. The molecule has 0 atom stereocenters. The summed E-state index contributed by atoms with van der Waals surface area (Å²) in [6, 6.07) is 60.9. The molecule has 4 heteroatoms. The van der Waals surface area contributed by atoms with Crippen LogP contribution in [0.15, 0.2) is 180 Å². The molecule has 10 aromatic rings. The maximum Gasteiger partial charge on any atom is 0.165 e. The van der Waals surface area contributed by atoms with E-state index in [4.69, 9.17) is 19.4 Å². The number of nitrogens with zero attached hydrogens (tertiary/aromatic N) is 3. The zero-order chi connectivity index (χ0) is 33.7. The fraction of sp³-hybridized carbons (Fsp3) is 0. The van der Waals surface area contributed by atoms with Crippen molar-refractivity contribution < 1.29 is 4.42 Å². The maximum atomic E-state index is 6.83. The Morgan fingerprint density at radius 3 is 1.59 bits per heavy atom. The molecule has 51 heavy (non-hydrogen) atoms. The summed E-state index contributed by atoms with van der Waals surface area (Å²) in [4.78, 5) is 15.6. The average Bonchev–Trinajstić information content (AvgIpc) is 3.59. The molecule has 4 nitrogen and oxygen atoms in total. The van der Waals surface area contributed by atoms with Gasteiger partial charge in [0, 0.05) is 33.0 Å². The van der Waals surface area contributed by atoms with Crippen LogP contribution in [-0.4, -0.2) is 15.0 Å². The zero-order valence-corrected chi connectivity index (χ0v) is 27.5. The van der Waals surface area contributed by atoms with Crippen molar-refractivity contribution in [3.63, 3.8) is 0 Å². The average molecular weight is 652 g/mol. The molecule has 0 saturated carbocycles. The summed E-state index contributed by atoms with van der Waals surface area (Å²) in [6.45, 7) is 0. The summed E-state index contributed by atoms with van der Waals surface area (Å²) in [5.74, 6) is 1.84. The van der Waals surface area contributed by atoms with Crippen LogP contribution in [0.4, 0.5) is 0 Å². The highest BCUT2D eigenvalue weighted by molar-refractivity contribution is 6.26. The monoisotopic (exact) mass is 651 g/mol. The van der Waals surface area contributed by atoms with E-state index in [-0.39, 0.29) is 0 Å². The smallest absolute Gasteiger partial charge is 0.165 e. The number of rotatable bonds is 5. The molecule has 0 aliphatic rings. The molecule has 2 aromatic heterocycles. The van der Waals surface area contributed by atoms with E-state index in [9.17, 15) is 0 Å². The van der Waals surface area contributed by atoms with Crippen LogP contribution in [0.3, 0.4) is 0 Å². The van der Waals surface area contributed by atoms with Gasteiger partial charge in [0.05, 0.1) is 0 Å². The lowest BCUT2D eigenvalue weighted by molar-refractivity contribution is 0.670. The highest BCUT2D eigenvalue weighted by atomic mass is 16.3. The number of para-hydroxylation sites is 1. The molecule has 0 aliphatic carbocycles. The predicted octanol–water partition coefficient (Wildman–Crippen LogP) is 12.4. The van der Waals surface area contributed by atoms with Crippen molar-refractivity contribution in [3.05, 3.63) is 176 Å². The molecular weight excluding hydrogens is 623 g/mol. The lowest BCUT2D eigenvalue weighted by Gasteiger charge is -2.15. The van der Waals surface area contributed by atoms with E-state index in [0.717, 1.165) is 65.9 Å². The quantitative estimate of drug-likeness (QED) is 0.186. The Morgan fingerprint density at radius 1 is 0.333 bits per heavy atom. The van der Waals surface area contributed by atoms with Gasteiger partial charge >= 0.3 is 0 Å². The minimum Gasteiger partial charge on any atom is -0.455 e. The standard InChI is InChI=1S/C47H29N3O/c1-3-13-30(14-4-1)32-23-26-33(27-24-32)41-37-19-9-10-20-38(37)43(42-39-21-11-12-22-40(39)51-44(41)42)47-49-45(34-16-5-2-6-17-34)48-46(50-47)36-28-25-31-15-7-8-18-35(31)29-36/h1-29H. The maximum absolute atomic E-state index is 6.83. The summed E-state index contributed by atoms with van der Waals surface area (Å²) in [5, 5.41) is 6.43. The molecule has 0 radical (unpaired) electrons. The minimum absolute atomic E-state index is 0.603. The van der Waals surface area contributed by atoms with E-state index >= 15 is 0 Å². The summed E-state index contributed by atoms with van der Waals surface area (Å²) < 4.78 is 6.83. The summed E-state index contributed by atoms with van der Waals surface area (Å²) in [5.41, 5.74) is 8.90. The summed E-state index contributed by atoms with van der Waals surface area (Å²) in [7, 11) is 0. The molecule has 10 rings (SSSR count).